The predicted molar refractivity (Wildman–Crippen MR) is 43.7 cm³/mol. The molecule has 3 N–H and O–H groups in total. The molecule has 0 bridgehead atoms. The number of hydrogen-bond donors (Lipinski definition) is 3. The van der Waals surface area contributed by atoms with Gasteiger partial charge in [0.1, 0.15) is 11.5 Å². The third kappa shape index (κ3) is 2.15. The Morgan fingerprint density at radius 1 is 1.33 bits per heavy atom. The van der Waals surface area contributed by atoms with Crippen LogP contribution in [0.3, 0.4) is 0 Å². The van der Waals surface area contributed by atoms with Crippen LogP contribution in [0.15, 0.2) is 18.2 Å². The Bertz CT molecular complexity index is 274. The summed E-state index contributed by atoms with van der Waals surface area (Å²) in [5.74, 6) is 0.454. The van der Waals surface area contributed by atoms with E-state index in [4.69, 9.17) is 15.2 Å². The van der Waals surface area contributed by atoms with Crippen molar-refractivity contribution in [3.8, 4) is 11.5 Å². The van der Waals surface area contributed by atoms with E-state index in [1.54, 1.807) is 6.92 Å². The number of phenols is 1. The minimum absolute atomic E-state index is 0.148. The Balaban J connectivity index is 2.82. The van der Waals surface area contributed by atoms with Gasteiger partial charge in [-0.2, -0.15) is 0 Å². The molecular formula is C7H9BO4. The summed E-state index contributed by atoms with van der Waals surface area (Å²) >= 11 is 0. The SMILES string of the molecule is Cc1cc(OB(O)O)ccc1O. The van der Waals surface area contributed by atoms with Gasteiger partial charge in [0.2, 0.25) is 0 Å². The highest BCUT2D eigenvalue weighted by molar-refractivity contribution is 6.33. The number of aromatic hydroxyl groups is 1. The second kappa shape index (κ2) is 3.47. The summed E-state index contributed by atoms with van der Waals surface area (Å²) in [6, 6.07) is 4.38. The van der Waals surface area contributed by atoms with Crippen molar-refractivity contribution in [2.24, 2.45) is 0 Å². The Hall–Kier alpha value is -1.20. The maximum Gasteiger partial charge on any atom is 0.707 e. The van der Waals surface area contributed by atoms with Crippen molar-refractivity contribution in [2.45, 2.75) is 6.92 Å². The lowest BCUT2D eigenvalue weighted by Crippen LogP contribution is -2.20. The first-order chi connectivity index (χ1) is 5.59. The molecule has 0 fully saturated rings. The summed E-state index contributed by atoms with van der Waals surface area (Å²) in [5.41, 5.74) is 0.619. The van der Waals surface area contributed by atoms with Crippen molar-refractivity contribution in [1.82, 2.24) is 0 Å². The lowest BCUT2D eigenvalue weighted by Gasteiger charge is -2.05. The fourth-order valence-electron chi connectivity index (χ4n) is 0.823. The van der Waals surface area contributed by atoms with Gasteiger partial charge in [0.05, 0.1) is 0 Å². The van der Waals surface area contributed by atoms with E-state index in [0.717, 1.165) is 0 Å². The lowest BCUT2D eigenvalue weighted by molar-refractivity contribution is 0.288. The standard InChI is InChI=1S/C7H9BO4/c1-5-4-6(12-8(10)11)2-3-7(5)9/h2-4,9-11H,1H3. The average molecular weight is 168 g/mol. The van der Waals surface area contributed by atoms with Crippen LogP contribution in [0.1, 0.15) is 5.56 Å². The molecule has 64 valence electrons. The van der Waals surface area contributed by atoms with Crippen LogP contribution in [-0.2, 0) is 0 Å². The topological polar surface area (TPSA) is 69.9 Å². The summed E-state index contributed by atoms with van der Waals surface area (Å²) in [4.78, 5) is 0. The van der Waals surface area contributed by atoms with E-state index in [1.807, 2.05) is 0 Å². The summed E-state index contributed by atoms with van der Waals surface area (Å²) in [6.07, 6.45) is 0. The van der Waals surface area contributed by atoms with Gasteiger partial charge in [0.25, 0.3) is 0 Å². The first-order valence-electron chi connectivity index (χ1n) is 3.42. The normalized spacial score (nSPS) is 9.58. The molecule has 0 saturated carbocycles. The van der Waals surface area contributed by atoms with Crippen LogP contribution < -0.4 is 4.65 Å². The van der Waals surface area contributed by atoms with Crippen molar-refractivity contribution in [1.29, 1.82) is 0 Å². The zero-order valence-corrected chi connectivity index (χ0v) is 6.56. The molecule has 0 aromatic heterocycles. The van der Waals surface area contributed by atoms with Gasteiger partial charge < -0.3 is 19.8 Å². The van der Waals surface area contributed by atoms with Gasteiger partial charge in [-0.15, -0.1) is 0 Å². The molecule has 0 atom stereocenters. The van der Waals surface area contributed by atoms with Gasteiger partial charge >= 0.3 is 7.32 Å². The third-order valence-corrected chi connectivity index (χ3v) is 1.41. The minimum atomic E-state index is -1.83. The first kappa shape index (κ1) is 8.90. The molecule has 0 aliphatic carbocycles. The minimum Gasteiger partial charge on any atom is -0.512 e. The van der Waals surface area contributed by atoms with Crippen LogP contribution in [0.5, 0.6) is 11.5 Å². The van der Waals surface area contributed by atoms with E-state index < -0.39 is 7.32 Å². The first-order valence-corrected chi connectivity index (χ1v) is 3.42. The van der Waals surface area contributed by atoms with Gasteiger partial charge in [-0.1, -0.05) is 0 Å². The second-order valence-electron chi connectivity index (χ2n) is 2.39. The van der Waals surface area contributed by atoms with E-state index in [9.17, 15) is 0 Å². The maximum atomic E-state index is 9.10. The summed E-state index contributed by atoms with van der Waals surface area (Å²) < 4.78 is 4.55. The van der Waals surface area contributed by atoms with Crippen molar-refractivity contribution >= 4 is 7.32 Å². The van der Waals surface area contributed by atoms with Crippen molar-refractivity contribution in [2.75, 3.05) is 0 Å². The quantitative estimate of drug-likeness (QED) is 0.545. The predicted octanol–water partition coefficient (Wildman–Crippen LogP) is 0.0489. The Kier molecular flexibility index (Phi) is 2.57. The summed E-state index contributed by atoms with van der Waals surface area (Å²) in [7, 11) is -1.83. The van der Waals surface area contributed by atoms with E-state index in [-0.39, 0.29) is 5.75 Å². The fraction of sp³-hybridized carbons (Fsp3) is 0.143. The zero-order valence-electron chi connectivity index (χ0n) is 6.56. The molecule has 0 spiro atoms. The highest BCUT2D eigenvalue weighted by atomic mass is 16.6. The molecule has 0 heterocycles. The van der Waals surface area contributed by atoms with Crippen molar-refractivity contribution < 1.29 is 19.8 Å². The van der Waals surface area contributed by atoms with Crippen LogP contribution in [0.4, 0.5) is 0 Å². The van der Waals surface area contributed by atoms with E-state index in [1.165, 1.54) is 18.2 Å². The molecule has 0 radical (unpaired) electrons. The van der Waals surface area contributed by atoms with Crippen molar-refractivity contribution in [3.63, 3.8) is 0 Å². The highest BCUT2D eigenvalue weighted by Gasteiger charge is 2.11. The van der Waals surface area contributed by atoms with Crippen LogP contribution in [0.2, 0.25) is 0 Å². The smallest absolute Gasteiger partial charge is 0.512 e. The second-order valence-corrected chi connectivity index (χ2v) is 2.39. The molecule has 0 aliphatic rings. The number of phenolic OH excluding ortho intramolecular Hbond substituents is 1. The fourth-order valence-corrected chi connectivity index (χ4v) is 0.823. The average Bonchev–Trinajstić information content (AvgIpc) is 1.96. The third-order valence-electron chi connectivity index (χ3n) is 1.41. The molecule has 5 heteroatoms. The molecule has 4 nitrogen and oxygen atoms in total. The monoisotopic (exact) mass is 168 g/mol. The number of rotatable bonds is 2. The molecule has 1 aromatic carbocycles. The van der Waals surface area contributed by atoms with Gasteiger partial charge in [0, 0.05) is 0 Å². The van der Waals surface area contributed by atoms with Gasteiger partial charge in [-0.3, -0.25) is 0 Å². The van der Waals surface area contributed by atoms with Crippen LogP contribution in [-0.4, -0.2) is 22.5 Å². The summed E-state index contributed by atoms with van der Waals surface area (Å²) in [6.45, 7) is 1.69. The Morgan fingerprint density at radius 3 is 2.50 bits per heavy atom. The van der Waals surface area contributed by atoms with E-state index >= 15 is 0 Å². The van der Waals surface area contributed by atoms with Crippen LogP contribution in [0, 0.1) is 6.92 Å². The van der Waals surface area contributed by atoms with Crippen molar-refractivity contribution in [3.05, 3.63) is 23.8 Å². The Morgan fingerprint density at radius 2 is 2.00 bits per heavy atom. The van der Waals surface area contributed by atoms with Crippen LogP contribution in [0.25, 0.3) is 0 Å². The molecule has 1 rings (SSSR count). The molecule has 0 aliphatic heterocycles. The maximum absolute atomic E-state index is 9.10. The molecule has 12 heavy (non-hydrogen) atoms. The molecule has 1 aromatic rings. The Labute approximate surface area is 70.2 Å². The number of aryl methyl sites for hydroxylation is 1. The molecule has 0 saturated heterocycles. The molecule has 0 amide bonds. The van der Waals surface area contributed by atoms with Gasteiger partial charge in [0.15, 0.2) is 0 Å². The highest BCUT2D eigenvalue weighted by Crippen LogP contribution is 2.21. The zero-order chi connectivity index (χ0) is 9.14. The lowest BCUT2D eigenvalue weighted by atomic mass is 10.2. The van der Waals surface area contributed by atoms with E-state index in [0.29, 0.717) is 11.3 Å². The molecule has 0 unspecified atom stereocenters. The van der Waals surface area contributed by atoms with Gasteiger partial charge in [-0.05, 0) is 30.7 Å². The molecular weight excluding hydrogens is 159 g/mol. The largest absolute Gasteiger partial charge is 0.707 e. The number of hydrogen-bond acceptors (Lipinski definition) is 4. The van der Waals surface area contributed by atoms with Crippen LogP contribution >= 0.6 is 0 Å². The van der Waals surface area contributed by atoms with E-state index in [2.05, 4.69) is 4.65 Å². The number of benzene rings is 1. The van der Waals surface area contributed by atoms with Gasteiger partial charge in [-0.25, -0.2) is 0 Å². The summed E-state index contributed by atoms with van der Waals surface area (Å²) in [5, 5.41) is 26.0.